The maximum Gasteiger partial charge on any atom is 0.0354 e. The van der Waals surface area contributed by atoms with Crippen LogP contribution in [-0.2, 0) is 6.54 Å². The topological polar surface area (TPSA) is 23.8 Å². The second-order valence-electron chi connectivity index (χ2n) is 3.03. The molecule has 1 nitrogen and oxygen atoms in total. The molecule has 1 heteroatoms. The van der Waals surface area contributed by atoms with Gasteiger partial charge >= 0.3 is 0 Å². The molecule has 0 amide bonds. The van der Waals surface area contributed by atoms with Crippen LogP contribution < -0.4 is 5.73 Å². The molecule has 0 bridgehead atoms. The molecule has 1 N–H and O–H groups in total. The van der Waals surface area contributed by atoms with Crippen molar-refractivity contribution in [1.29, 1.82) is 0 Å². The standard InChI is InChI=1S/C10H14N/c1-8(2)10-6-4-3-5-9(10)7-11/h3-6,8,11H,7H2,1-2H3. The van der Waals surface area contributed by atoms with Crippen LogP contribution in [0.1, 0.15) is 30.9 Å². The normalized spacial score (nSPS) is 10.5. The fourth-order valence-electron chi connectivity index (χ4n) is 1.26. The summed E-state index contributed by atoms with van der Waals surface area (Å²) < 4.78 is 0. The summed E-state index contributed by atoms with van der Waals surface area (Å²) >= 11 is 0. The van der Waals surface area contributed by atoms with Gasteiger partial charge < -0.3 is 0 Å². The Morgan fingerprint density at radius 2 is 1.91 bits per heavy atom. The van der Waals surface area contributed by atoms with Crippen molar-refractivity contribution >= 4 is 0 Å². The van der Waals surface area contributed by atoms with Crippen molar-refractivity contribution in [1.82, 2.24) is 5.73 Å². The average Bonchev–Trinajstić information content (AvgIpc) is 2.04. The van der Waals surface area contributed by atoms with E-state index >= 15 is 0 Å². The Morgan fingerprint density at radius 1 is 1.27 bits per heavy atom. The van der Waals surface area contributed by atoms with Crippen molar-refractivity contribution < 1.29 is 0 Å². The van der Waals surface area contributed by atoms with E-state index in [1.807, 2.05) is 18.2 Å². The Bertz CT molecular complexity index is 228. The van der Waals surface area contributed by atoms with Gasteiger partial charge in [0.1, 0.15) is 0 Å². The molecular formula is C10H14N. The van der Waals surface area contributed by atoms with Gasteiger partial charge in [0.15, 0.2) is 0 Å². The van der Waals surface area contributed by atoms with E-state index in [-0.39, 0.29) is 0 Å². The first-order chi connectivity index (χ1) is 5.25. The molecule has 0 unspecified atom stereocenters. The van der Waals surface area contributed by atoms with Crippen LogP contribution in [0.5, 0.6) is 0 Å². The molecule has 0 spiro atoms. The maximum atomic E-state index is 7.28. The van der Waals surface area contributed by atoms with Gasteiger partial charge in [-0.15, -0.1) is 0 Å². The maximum absolute atomic E-state index is 7.28. The van der Waals surface area contributed by atoms with Crippen molar-refractivity contribution in [2.75, 3.05) is 0 Å². The molecule has 0 aliphatic heterocycles. The molecular weight excluding hydrogens is 134 g/mol. The lowest BCUT2D eigenvalue weighted by molar-refractivity contribution is 0.835. The summed E-state index contributed by atoms with van der Waals surface area (Å²) in [5, 5.41) is 0. The minimum absolute atomic E-state index is 0.397. The first-order valence-electron chi connectivity index (χ1n) is 3.98. The molecule has 11 heavy (non-hydrogen) atoms. The molecule has 0 atom stereocenters. The Labute approximate surface area is 68.2 Å². The lowest BCUT2D eigenvalue weighted by Crippen LogP contribution is -1.95. The summed E-state index contributed by atoms with van der Waals surface area (Å²) in [6.45, 7) is 4.72. The molecule has 59 valence electrons. The van der Waals surface area contributed by atoms with Gasteiger partial charge in [-0.05, 0) is 17.0 Å². The van der Waals surface area contributed by atoms with Gasteiger partial charge in [0, 0.05) is 6.54 Å². The van der Waals surface area contributed by atoms with E-state index in [9.17, 15) is 0 Å². The highest BCUT2D eigenvalue weighted by Gasteiger charge is 2.02. The van der Waals surface area contributed by atoms with E-state index in [1.165, 1.54) is 5.56 Å². The number of rotatable bonds is 2. The predicted octanol–water partition coefficient (Wildman–Crippen LogP) is 2.59. The molecule has 0 heterocycles. The van der Waals surface area contributed by atoms with Gasteiger partial charge in [-0.1, -0.05) is 38.1 Å². The highest BCUT2D eigenvalue weighted by Crippen LogP contribution is 2.18. The van der Waals surface area contributed by atoms with E-state index in [0.717, 1.165) is 5.56 Å². The van der Waals surface area contributed by atoms with Crippen molar-refractivity contribution in [3.05, 3.63) is 35.4 Å². The van der Waals surface area contributed by atoms with Gasteiger partial charge in [0.2, 0.25) is 0 Å². The molecule has 0 fully saturated rings. The van der Waals surface area contributed by atoms with Crippen molar-refractivity contribution in [3.63, 3.8) is 0 Å². The van der Waals surface area contributed by atoms with E-state index in [4.69, 9.17) is 5.73 Å². The van der Waals surface area contributed by atoms with Crippen LogP contribution in [0.25, 0.3) is 0 Å². The predicted molar refractivity (Wildman–Crippen MR) is 47.3 cm³/mol. The first-order valence-corrected chi connectivity index (χ1v) is 3.98. The summed E-state index contributed by atoms with van der Waals surface area (Å²) in [6.07, 6.45) is 0. The number of hydrogen-bond donors (Lipinski definition) is 0. The van der Waals surface area contributed by atoms with E-state index in [2.05, 4.69) is 19.9 Å². The third-order valence-corrected chi connectivity index (χ3v) is 1.87. The average molecular weight is 148 g/mol. The quantitative estimate of drug-likeness (QED) is 0.615. The van der Waals surface area contributed by atoms with Gasteiger partial charge in [0.05, 0.1) is 0 Å². The summed E-state index contributed by atoms with van der Waals surface area (Å²) in [7, 11) is 0. The molecule has 0 aliphatic carbocycles. The zero-order chi connectivity index (χ0) is 8.27. The van der Waals surface area contributed by atoms with Crippen molar-refractivity contribution in [2.24, 2.45) is 0 Å². The third kappa shape index (κ3) is 1.81. The Kier molecular flexibility index (Phi) is 2.66. The van der Waals surface area contributed by atoms with Crippen LogP contribution in [0.15, 0.2) is 24.3 Å². The lowest BCUT2D eigenvalue weighted by Gasteiger charge is -2.09. The fourth-order valence-corrected chi connectivity index (χ4v) is 1.26. The first kappa shape index (κ1) is 8.28. The smallest absolute Gasteiger partial charge is 0.0354 e. The van der Waals surface area contributed by atoms with E-state index < -0.39 is 0 Å². The van der Waals surface area contributed by atoms with E-state index in [1.54, 1.807) is 0 Å². The molecule has 1 rings (SSSR count). The second kappa shape index (κ2) is 3.54. The minimum Gasteiger partial charge on any atom is -0.253 e. The molecule has 0 saturated heterocycles. The van der Waals surface area contributed by atoms with Crippen LogP contribution in [0.3, 0.4) is 0 Å². The Balaban J connectivity index is 3.02. The zero-order valence-electron chi connectivity index (χ0n) is 7.09. The Morgan fingerprint density at radius 3 is 2.36 bits per heavy atom. The van der Waals surface area contributed by atoms with Gasteiger partial charge in [-0.25, -0.2) is 0 Å². The number of benzene rings is 1. The van der Waals surface area contributed by atoms with Gasteiger partial charge in [-0.2, -0.15) is 0 Å². The van der Waals surface area contributed by atoms with Crippen LogP contribution in [-0.4, -0.2) is 0 Å². The Hall–Kier alpha value is -0.820. The van der Waals surface area contributed by atoms with Crippen LogP contribution in [0.4, 0.5) is 0 Å². The van der Waals surface area contributed by atoms with Crippen LogP contribution >= 0.6 is 0 Å². The highest BCUT2D eigenvalue weighted by molar-refractivity contribution is 5.29. The fraction of sp³-hybridized carbons (Fsp3) is 0.400. The van der Waals surface area contributed by atoms with E-state index in [0.29, 0.717) is 12.5 Å². The van der Waals surface area contributed by atoms with Crippen LogP contribution in [0, 0.1) is 0 Å². The summed E-state index contributed by atoms with van der Waals surface area (Å²) in [5.74, 6) is 0.538. The van der Waals surface area contributed by atoms with Crippen LogP contribution in [0.2, 0.25) is 0 Å². The monoisotopic (exact) mass is 148 g/mol. The SMILES string of the molecule is CC(C)c1ccccc1C[NH]. The molecule has 0 saturated carbocycles. The summed E-state index contributed by atoms with van der Waals surface area (Å²) in [4.78, 5) is 0. The largest absolute Gasteiger partial charge is 0.253 e. The van der Waals surface area contributed by atoms with Gasteiger partial charge in [0.25, 0.3) is 0 Å². The second-order valence-corrected chi connectivity index (χ2v) is 3.03. The zero-order valence-corrected chi connectivity index (χ0v) is 7.09. The molecule has 1 aromatic rings. The highest BCUT2D eigenvalue weighted by atomic mass is 14.5. The third-order valence-electron chi connectivity index (χ3n) is 1.87. The van der Waals surface area contributed by atoms with Crippen molar-refractivity contribution in [2.45, 2.75) is 26.3 Å². The van der Waals surface area contributed by atoms with Gasteiger partial charge in [-0.3, -0.25) is 5.73 Å². The van der Waals surface area contributed by atoms with Crippen molar-refractivity contribution in [3.8, 4) is 0 Å². The summed E-state index contributed by atoms with van der Waals surface area (Å²) in [6, 6.07) is 8.17. The summed E-state index contributed by atoms with van der Waals surface area (Å²) in [5.41, 5.74) is 9.74. The number of hydrogen-bond acceptors (Lipinski definition) is 0. The molecule has 1 aromatic carbocycles. The molecule has 0 aromatic heterocycles. The minimum atomic E-state index is 0.397. The molecule has 1 radical (unpaired) electrons. The number of nitrogens with one attached hydrogen (secondary N) is 1. The molecule has 0 aliphatic rings. The lowest BCUT2D eigenvalue weighted by atomic mass is 9.97.